The molecule has 0 saturated carbocycles. The van der Waals surface area contributed by atoms with E-state index in [4.69, 9.17) is 4.74 Å². The van der Waals surface area contributed by atoms with Crippen molar-refractivity contribution in [3.05, 3.63) is 48.2 Å². The van der Waals surface area contributed by atoms with Gasteiger partial charge in [0, 0.05) is 26.2 Å². The van der Waals surface area contributed by atoms with Gasteiger partial charge in [0.1, 0.15) is 18.2 Å². The minimum atomic E-state index is -0.739. The highest BCUT2D eigenvalue weighted by molar-refractivity contribution is 6.00. The lowest BCUT2D eigenvalue weighted by molar-refractivity contribution is -0.161. The van der Waals surface area contributed by atoms with Crippen LogP contribution in [0.25, 0.3) is 0 Å². The molecule has 1 aromatic carbocycles. The fourth-order valence-corrected chi connectivity index (χ4v) is 5.86. The predicted octanol–water partition coefficient (Wildman–Crippen LogP) is 5.92. The highest BCUT2D eigenvalue weighted by Crippen LogP contribution is 2.34. The van der Waals surface area contributed by atoms with E-state index in [1.54, 1.807) is 0 Å². The van der Waals surface area contributed by atoms with Gasteiger partial charge in [-0.2, -0.15) is 0 Å². The number of alkyl carbamates (subject to hydrolysis) is 1. The summed E-state index contributed by atoms with van der Waals surface area (Å²) in [5, 5.41) is 5.84. The summed E-state index contributed by atoms with van der Waals surface area (Å²) in [5.41, 5.74) is 0.200. The molecule has 0 aromatic heterocycles. The van der Waals surface area contributed by atoms with Gasteiger partial charge in [-0.15, -0.1) is 0 Å². The first-order valence-corrected chi connectivity index (χ1v) is 16.0. The molecule has 0 bridgehead atoms. The van der Waals surface area contributed by atoms with E-state index in [1.165, 1.54) is 38.5 Å². The summed E-state index contributed by atoms with van der Waals surface area (Å²) in [6, 6.07) is 9.05. The topological polar surface area (TPSA) is 91.0 Å². The molecule has 2 aliphatic heterocycles. The number of piperidine rings is 1. The number of hydrogen-bond donors (Lipinski definition) is 2. The van der Waals surface area contributed by atoms with Gasteiger partial charge in [0.05, 0.1) is 0 Å². The second kappa shape index (κ2) is 17.7. The Bertz CT molecular complexity index is 959. The molecule has 3 rings (SSSR count). The standard InChI is InChI=1S/C33H52N4O4/c1-3-5-6-7-8-9-10-16-24-36-25-20-33(21-26-36)31(39)35-29(30(38)37(33)23-4-2)19-14-15-22-34-32(40)41-27-28-17-12-11-13-18-28/h11-13,16-18,24,29H,3-10,14-15,19-23,25-27H2,1-2H3,(H,34,40)(H,35,39)/t29-/m0/s1. The van der Waals surface area contributed by atoms with E-state index in [9.17, 15) is 14.4 Å². The number of unbranched alkanes of at least 4 members (excludes halogenated alkanes) is 7. The van der Waals surface area contributed by atoms with Crippen molar-refractivity contribution in [2.45, 2.75) is 116 Å². The van der Waals surface area contributed by atoms with Crippen molar-refractivity contribution < 1.29 is 19.1 Å². The van der Waals surface area contributed by atoms with Gasteiger partial charge < -0.3 is 25.2 Å². The maximum atomic E-state index is 13.5. The number of rotatable bonds is 17. The van der Waals surface area contributed by atoms with Gasteiger partial charge in [0.2, 0.25) is 11.8 Å². The first kappa shape index (κ1) is 32.5. The molecule has 1 spiro atoms. The number of nitrogens with zero attached hydrogens (tertiary/aromatic N) is 2. The van der Waals surface area contributed by atoms with Crippen LogP contribution in [0.3, 0.4) is 0 Å². The second-order valence-electron chi connectivity index (χ2n) is 11.5. The molecule has 1 aromatic rings. The summed E-state index contributed by atoms with van der Waals surface area (Å²) in [6.45, 7) is 7.17. The maximum Gasteiger partial charge on any atom is 0.407 e. The van der Waals surface area contributed by atoms with Crippen molar-refractivity contribution in [2.24, 2.45) is 0 Å². The Hall–Kier alpha value is -3.03. The fraction of sp³-hybridized carbons (Fsp3) is 0.667. The van der Waals surface area contributed by atoms with E-state index in [2.05, 4.69) is 41.7 Å². The van der Waals surface area contributed by atoms with Crippen LogP contribution in [0.5, 0.6) is 0 Å². The first-order chi connectivity index (χ1) is 20.0. The van der Waals surface area contributed by atoms with Crippen LogP contribution in [0.4, 0.5) is 4.79 Å². The molecule has 8 heteroatoms. The van der Waals surface area contributed by atoms with Gasteiger partial charge in [-0.1, -0.05) is 82.4 Å². The number of allylic oxidation sites excluding steroid dienone is 1. The van der Waals surface area contributed by atoms with E-state index in [0.717, 1.165) is 37.9 Å². The average molecular weight is 569 g/mol. The van der Waals surface area contributed by atoms with Crippen LogP contribution in [-0.2, 0) is 20.9 Å². The normalized spacial score (nSPS) is 18.6. The molecular formula is C33H52N4O4. The highest BCUT2D eigenvalue weighted by Gasteiger charge is 2.52. The van der Waals surface area contributed by atoms with E-state index < -0.39 is 17.7 Å². The number of hydrogen-bond acceptors (Lipinski definition) is 5. The Morgan fingerprint density at radius 2 is 1.73 bits per heavy atom. The SMILES string of the molecule is CCCCCCCCC=CN1CCC2(CC1)C(=O)N[C@@H](CCCCNC(=O)OCc1ccccc1)C(=O)N2CCC. The van der Waals surface area contributed by atoms with Crippen LogP contribution >= 0.6 is 0 Å². The minimum absolute atomic E-state index is 0.00567. The Labute approximate surface area is 247 Å². The lowest BCUT2D eigenvalue weighted by atomic mass is 9.81. The molecule has 8 nitrogen and oxygen atoms in total. The quantitative estimate of drug-likeness (QED) is 0.228. The number of carbonyl (C=O) groups is 3. The molecule has 1 atom stereocenters. The Balaban J connectivity index is 1.38. The number of likely N-dealkylation sites (tertiary alicyclic amines) is 1. The van der Waals surface area contributed by atoms with E-state index >= 15 is 0 Å². The van der Waals surface area contributed by atoms with Crippen LogP contribution in [0.15, 0.2) is 42.6 Å². The molecule has 2 saturated heterocycles. The number of nitrogens with one attached hydrogen (secondary N) is 2. The third-order valence-electron chi connectivity index (χ3n) is 8.32. The smallest absolute Gasteiger partial charge is 0.407 e. The van der Waals surface area contributed by atoms with Gasteiger partial charge in [0.15, 0.2) is 0 Å². The number of piperazine rings is 1. The lowest BCUT2D eigenvalue weighted by Gasteiger charge is -2.51. The average Bonchev–Trinajstić information content (AvgIpc) is 2.99. The molecule has 2 N–H and O–H groups in total. The van der Waals surface area contributed by atoms with E-state index in [-0.39, 0.29) is 18.4 Å². The van der Waals surface area contributed by atoms with E-state index in [1.807, 2.05) is 35.2 Å². The van der Waals surface area contributed by atoms with Gasteiger partial charge in [-0.3, -0.25) is 9.59 Å². The largest absolute Gasteiger partial charge is 0.445 e. The van der Waals surface area contributed by atoms with Gasteiger partial charge >= 0.3 is 6.09 Å². The van der Waals surface area contributed by atoms with Crippen LogP contribution in [0.2, 0.25) is 0 Å². The zero-order chi connectivity index (χ0) is 29.3. The van der Waals surface area contributed by atoms with Gasteiger partial charge in [-0.25, -0.2) is 4.79 Å². The van der Waals surface area contributed by atoms with Crippen molar-refractivity contribution in [1.82, 2.24) is 20.4 Å². The molecule has 41 heavy (non-hydrogen) atoms. The summed E-state index contributed by atoms with van der Waals surface area (Å²) in [7, 11) is 0. The Morgan fingerprint density at radius 3 is 2.46 bits per heavy atom. The summed E-state index contributed by atoms with van der Waals surface area (Å²) in [6.07, 6.45) is 17.1. The summed E-state index contributed by atoms with van der Waals surface area (Å²) >= 11 is 0. The monoisotopic (exact) mass is 568 g/mol. The number of carbonyl (C=O) groups excluding carboxylic acids is 3. The first-order valence-electron chi connectivity index (χ1n) is 16.0. The Kier molecular flexibility index (Phi) is 14.0. The van der Waals surface area contributed by atoms with Crippen LogP contribution in [-0.4, -0.2) is 65.5 Å². The zero-order valence-electron chi connectivity index (χ0n) is 25.4. The third kappa shape index (κ3) is 10.1. The highest BCUT2D eigenvalue weighted by atomic mass is 16.5. The van der Waals surface area contributed by atoms with Crippen LogP contribution < -0.4 is 10.6 Å². The van der Waals surface area contributed by atoms with Crippen molar-refractivity contribution in [1.29, 1.82) is 0 Å². The number of ether oxygens (including phenoxy) is 1. The van der Waals surface area contributed by atoms with Gasteiger partial charge in [0.25, 0.3) is 0 Å². The minimum Gasteiger partial charge on any atom is -0.445 e. The predicted molar refractivity (Wildman–Crippen MR) is 163 cm³/mol. The van der Waals surface area contributed by atoms with Crippen molar-refractivity contribution >= 4 is 17.9 Å². The molecule has 228 valence electrons. The molecular weight excluding hydrogens is 516 g/mol. The summed E-state index contributed by atoms with van der Waals surface area (Å²) in [5.74, 6) is 0.0302. The molecule has 0 aliphatic carbocycles. The van der Waals surface area contributed by atoms with Crippen LogP contribution in [0, 0.1) is 0 Å². The molecule has 3 amide bonds. The molecule has 2 aliphatic rings. The van der Waals surface area contributed by atoms with Gasteiger partial charge in [-0.05, 0) is 63.1 Å². The molecule has 0 radical (unpaired) electrons. The number of benzene rings is 1. The second-order valence-corrected chi connectivity index (χ2v) is 11.5. The summed E-state index contributed by atoms with van der Waals surface area (Å²) < 4.78 is 5.24. The molecule has 2 fully saturated rings. The lowest BCUT2D eigenvalue weighted by Crippen LogP contribution is -2.72. The van der Waals surface area contributed by atoms with Crippen LogP contribution in [0.1, 0.15) is 103 Å². The van der Waals surface area contributed by atoms with Crippen molar-refractivity contribution in [3.8, 4) is 0 Å². The third-order valence-corrected chi connectivity index (χ3v) is 8.32. The van der Waals surface area contributed by atoms with Crippen molar-refractivity contribution in [3.63, 3.8) is 0 Å². The maximum absolute atomic E-state index is 13.5. The Morgan fingerprint density at radius 1 is 1.00 bits per heavy atom. The fourth-order valence-electron chi connectivity index (χ4n) is 5.86. The summed E-state index contributed by atoms with van der Waals surface area (Å²) in [4.78, 5) is 43.2. The van der Waals surface area contributed by atoms with E-state index in [0.29, 0.717) is 38.8 Å². The molecule has 2 heterocycles. The van der Waals surface area contributed by atoms with Crippen molar-refractivity contribution in [2.75, 3.05) is 26.2 Å². The molecule has 0 unspecified atom stereocenters. The number of amides is 3. The zero-order valence-corrected chi connectivity index (χ0v) is 25.4.